The summed E-state index contributed by atoms with van der Waals surface area (Å²) in [6.45, 7) is 11.4. The smallest absolute Gasteiger partial charge is 0.00386 e. The number of nitrogens with zero attached hydrogens (tertiary/aromatic N) is 1. The summed E-state index contributed by atoms with van der Waals surface area (Å²) < 4.78 is 0. The molecule has 0 bridgehead atoms. The zero-order valence-corrected chi connectivity index (χ0v) is 11.3. The monoisotopic (exact) mass is 214 g/mol. The fourth-order valence-corrected chi connectivity index (χ4v) is 1.63. The molecule has 15 heavy (non-hydrogen) atoms. The van der Waals surface area contributed by atoms with Crippen LogP contribution in [0.5, 0.6) is 0 Å². The van der Waals surface area contributed by atoms with Gasteiger partial charge in [0.1, 0.15) is 0 Å². The Morgan fingerprint density at radius 1 is 1.13 bits per heavy atom. The number of unbranched alkanes of at least 4 members (excludes halogenated alkanes) is 1. The largest absolute Gasteiger partial charge is 0.314 e. The molecule has 0 aliphatic heterocycles. The molecule has 0 saturated carbocycles. The van der Waals surface area contributed by atoms with Crippen LogP contribution in [0.4, 0.5) is 0 Å². The number of hydrogen-bond donors (Lipinski definition) is 1. The Labute approximate surface area is 96.4 Å². The van der Waals surface area contributed by atoms with Gasteiger partial charge in [-0.2, -0.15) is 0 Å². The average Bonchev–Trinajstić information content (AvgIpc) is 2.17. The van der Waals surface area contributed by atoms with Crippen molar-refractivity contribution in [3.8, 4) is 0 Å². The molecule has 0 saturated heterocycles. The van der Waals surface area contributed by atoms with E-state index in [2.05, 4.69) is 45.0 Å². The van der Waals surface area contributed by atoms with E-state index in [1.54, 1.807) is 0 Å². The van der Waals surface area contributed by atoms with E-state index in [0.29, 0.717) is 12.1 Å². The Hall–Kier alpha value is -0.0800. The highest BCUT2D eigenvalue weighted by atomic mass is 15.1. The van der Waals surface area contributed by atoms with Gasteiger partial charge >= 0.3 is 0 Å². The van der Waals surface area contributed by atoms with Crippen molar-refractivity contribution < 1.29 is 0 Å². The van der Waals surface area contributed by atoms with Crippen molar-refractivity contribution in [3.63, 3.8) is 0 Å². The summed E-state index contributed by atoms with van der Waals surface area (Å²) in [4.78, 5) is 2.41. The molecule has 2 nitrogen and oxygen atoms in total. The highest BCUT2D eigenvalue weighted by Gasteiger charge is 2.02. The summed E-state index contributed by atoms with van der Waals surface area (Å²) in [5.41, 5.74) is 0. The third-order valence-corrected chi connectivity index (χ3v) is 3.03. The van der Waals surface area contributed by atoms with E-state index >= 15 is 0 Å². The third kappa shape index (κ3) is 8.88. The van der Waals surface area contributed by atoms with Crippen molar-refractivity contribution >= 4 is 0 Å². The maximum absolute atomic E-state index is 3.57. The first-order valence-corrected chi connectivity index (χ1v) is 6.51. The van der Waals surface area contributed by atoms with Crippen molar-refractivity contribution in [1.82, 2.24) is 10.2 Å². The van der Waals surface area contributed by atoms with Gasteiger partial charge in [-0.15, -0.1) is 0 Å². The molecule has 92 valence electrons. The molecule has 0 radical (unpaired) electrons. The SMILES string of the molecule is CCCC(C)NCCCCN(C)C(C)C. The molecule has 1 atom stereocenters. The number of hydrogen-bond acceptors (Lipinski definition) is 2. The Balaban J connectivity index is 3.24. The Morgan fingerprint density at radius 3 is 2.33 bits per heavy atom. The van der Waals surface area contributed by atoms with Crippen LogP contribution in [0.2, 0.25) is 0 Å². The molecule has 0 aromatic heterocycles. The van der Waals surface area contributed by atoms with Crippen molar-refractivity contribution in [3.05, 3.63) is 0 Å². The molecular weight excluding hydrogens is 184 g/mol. The van der Waals surface area contributed by atoms with Crippen molar-refractivity contribution in [1.29, 1.82) is 0 Å². The lowest BCUT2D eigenvalue weighted by molar-refractivity contribution is 0.267. The maximum Gasteiger partial charge on any atom is 0.00386 e. The maximum atomic E-state index is 3.57. The molecule has 0 heterocycles. The van der Waals surface area contributed by atoms with E-state index in [-0.39, 0.29) is 0 Å². The van der Waals surface area contributed by atoms with Gasteiger partial charge in [0.15, 0.2) is 0 Å². The molecule has 0 aromatic rings. The second-order valence-electron chi connectivity index (χ2n) is 4.93. The van der Waals surface area contributed by atoms with Crippen LogP contribution in [0.15, 0.2) is 0 Å². The third-order valence-electron chi connectivity index (χ3n) is 3.03. The predicted octanol–water partition coefficient (Wildman–Crippen LogP) is 2.89. The van der Waals surface area contributed by atoms with Crippen LogP contribution >= 0.6 is 0 Å². The summed E-state index contributed by atoms with van der Waals surface area (Å²) in [6, 6.07) is 1.37. The normalized spacial score (nSPS) is 13.8. The van der Waals surface area contributed by atoms with Crippen LogP contribution in [0, 0.1) is 0 Å². The molecule has 0 aliphatic rings. The standard InChI is InChI=1S/C13H30N2/c1-6-9-13(4)14-10-7-8-11-15(5)12(2)3/h12-14H,6-11H2,1-5H3. The van der Waals surface area contributed by atoms with Crippen LogP contribution < -0.4 is 5.32 Å². The van der Waals surface area contributed by atoms with E-state index in [4.69, 9.17) is 0 Å². The zero-order valence-electron chi connectivity index (χ0n) is 11.3. The van der Waals surface area contributed by atoms with Gasteiger partial charge in [0.2, 0.25) is 0 Å². The predicted molar refractivity (Wildman–Crippen MR) is 69.4 cm³/mol. The molecule has 1 unspecified atom stereocenters. The summed E-state index contributed by atoms with van der Waals surface area (Å²) in [7, 11) is 2.21. The molecule has 0 fully saturated rings. The van der Waals surface area contributed by atoms with Gasteiger partial charge in [0.05, 0.1) is 0 Å². The molecule has 0 aliphatic carbocycles. The van der Waals surface area contributed by atoms with Gasteiger partial charge in [0, 0.05) is 12.1 Å². The first-order valence-electron chi connectivity index (χ1n) is 6.51. The lowest BCUT2D eigenvalue weighted by atomic mass is 10.2. The Kier molecular flexibility index (Phi) is 9.12. The first kappa shape index (κ1) is 14.9. The summed E-state index contributed by atoms with van der Waals surface area (Å²) >= 11 is 0. The fourth-order valence-electron chi connectivity index (χ4n) is 1.63. The van der Waals surface area contributed by atoms with Gasteiger partial charge in [-0.1, -0.05) is 13.3 Å². The summed E-state index contributed by atoms with van der Waals surface area (Å²) in [5.74, 6) is 0. The van der Waals surface area contributed by atoms with Gasteiger partial charge in [-0.3, -0.25) is 0 Å². The van der Waals surface area contributed by atoms with Crippen molar-refractivity contribution in [2.24, 2.45) is 0 Å². The Bertz CT molecular complexity index is 134. The highest BCUT2D eigenvalue weighted by molar-refractivity contribution is 4.61. The van der Waals surface area contributed by atoms with Crippen LogP contribution in [0.1, 0.15) is 53.4 Å². The van der Waals surface area contributed by atoms with Crippen LogP contribution in [-0.2, 0) is 0 Å². The summed E-state index contributed by atoms with van der Waals surface area (Å²) in [5, 5.41) is 3.57. The van der Waals surface area contributed by atoms with E-state index in [1.165, 1.54) is 38.8 Å². The lowest BCUT2D eigenvalue weighted by Crippen LogP contribution is -2.29. The topological polar surface area (TPSA) is 15.3 Å². The van der Waals surface area contributed by atoms with Crippen LogP contribution in [-0.4, -0.2) is 37.1 Å². The van der Waals surface area contributed by atoms with Crippen LogP contribution in [0.3, 0.4) is 0 Å². The van der Waals surface area contributed by atoms with Crippen LogP contribution in [0.25, 0.3) is 0 Å². The van der Waals surface area contributed by atoms with E-state index in [9.17, 15) is 0 Å². The van der Waals surface area contributed by atoms with E-state index in [1.807, 2.05) is 0 Å². The highest BCUT2D eigenvalue weighted by Crippen LogP contribution is 1.99. The minimum Gasteiger partial charge on any atom is -0.314 e. The van der Waals surface area contributed by atoms with E-state index in [0.717, 1.165) is 0 Å². The number of rotatable bonds is 9. The number of nitrogens with one attached hydrogen (secondary N) is 1. The molecular formula is C13H30N2. The molecule has 1 N–H and O–H groups in total. The second-order valence-corrected chi connectivity index (χ2v) is 4.93. The fraction of sp³-hybridized carbons (Fsp3) is 1.00. The minimum atomic E-state index is 0.678. The average molecular weight is 214 g/mol. The van der Waals surface area contributed by atoms with E-state index < -0.39 is 0 Å². The molecule has 0 aromatic carbocycles. The molecule has 0 amide bonds. The van der Waals surface area contributed by atoms with Gasteiger partial charge in [-0.05, 0) is 60.2 Å². The molecule has 0 spiro atoms. The lowest BCUT2D eigenvalue weighted by Gasteiger charge is -2.21. The summed E-state index contributed by atoms with van der Waals surface area (Å²) in [6.07, 6.45) is 5.18. The molecule has 2 heteroatoms. The minimum absolute atomic E-state index is 0.678. The van der Waals surface area contributed by atoms with Gasteiger partial charge in [0.25, 0.3) is 0 Å². The van der Waals surface area contributed by atoms with Gasteiger partial charge < -0.3 is 10.2 Å². The van der Waals surface area contributed by atoms with Gasteiger partial charge in [-0.25, -0.2) is 0 Å². The van der Waals surface area contributed by atoms with Crippen molar-refractivity contribution in [2.45, 2.75) is 65.5 Å². The van der Waals surface area contributed by atoms with Crippen molar-refractivity contribution in [2.75, 3.05) is 20.1 Å². The Morgan fingerprint density at radius 2 is 1.80 bits per heavy atom. The first-order chi connectivity index (χ1) is 7.07. The quantitative estimate of drug-likeness (QED) is 0.594. The zero-order chi connectivity index (χ0) is 11.7. The molecule has 0 rings (SSSR count). The second kappa shape index (κ2) is 9.17.